The number of fused-ring (bicyclic) bond motifs is 2. The number of carbonyl (C=O) groups is 2. The zero-order valence-electron chi connectivity index (χ0n) is 23.4. The van der Waals surface area contributed by atoms with E-state index in [1.165, 1.54) is 12.1 Å². The molecule has 0 aliphatic heterocycles. The van der Waals surface area contributed by atoms with Crippen molar-refractivity contribution in [2.45, 2.75) is 24.9 Å². The number of halogens is 2. The van der Waals surface area contributed by atoms with Gasteiger partial charge in [-0.2, -0.15) is 0 Å². The molecule has 1 aliphatic carbocycles. The molecule has 2 aromatic heterocycles. The number of aromatic carboxylic acids is 1. The van der Waals surface area contributed by atoms with Crippen molar-refractivity contribution in [3.8, 4) is 0 Å². The number of anilines is 2. The second-order valence-electron chi connectivity index (χ2n) is 11.1. The second-order valence-corrected chi connectivity index (χ2v) is 11.5. The first-order valence-electron chi connectivity index (χ1n) is 14.1. The standard InChI is InChI=1S/C35H26ClFN4O3/c36-24-6-13-30-22(19-24)3-9-27(39-30)20-41-18-15-28-31(38-26-10-7-25(37)8-11-26)14-12-29(32(28)41)33(42)40-35(16-17-35)23-4-1-21(2-5-23)34(43)44/h1-15,18-19,38H,16-17,20H2,(H,40,42)(H,43,44). The Morgan fingerprint density at radius 3 is 2.43 bits per heavy atom. The highest BCUT2D eigenvalue weighted by Gasteiger charge is 2.46. The van der Waals surface area contributed by atoms with Crippen LogP contribution in [0.15, 0.2) is 103 Å². The van der Waals surface area contributed by atoms with Crippen molar-refractivity contribution in [1.29, 1.82) is 0 Å². The van der Waals surface area contributed by atoms with Crippen LogP contribution in [-0.2, 0) is 12.1 Å². The highest BCUT2D eigenvalue weighted by Crippen LogP contribution is 2.46. The van der Waals surface area contributed by atoms with E-state index in [1.807, 2.05) is 53.2 Å². The minimum Gasteiger partial charge on any atom is -0.478 e. The first-order chi connectivity index (χ1) is 21.3. The molecule has 0 spiro atoms. The van der Waals surface area contributed by atoms with Gasteiger partial charge in [-0.05, 0) is 97.3 Å². The topological polar surface area (TPSA) is 96.3 Å². The molecule has 6 aromatic rings. The molecule has 1 saturated carbocycles. The monoisotopic (exact) mass is 604 g/mol. The highest BCUT2D eigenvalue weighted by atomic mass is 35.5. The quantitative estimate of drug-likeness (QED) is 0.164. The van der Waals surface area contributed by atoms with E-state index in [4.69, 9.17) is 16.6 Å². The van der Waals surface area contributed by atoms with Crippen LogP contribution in [0.2, 0.25) is 5.02 Å². The number of hydrogen-bond acceptors (Lipinski definition) is 4. The summed E-state index contributed by atoms with van der Waals surface area (Å²) in [7, 11) is 0. The Hall–Kier alpha value is -5.21. The van der Waals surface area contributed by atoms with E-state index in [0.29, 0.717) is 22.8 Å². The largest absolute Gasteiger partial charge is 0.478 e. The van der Waals surface area contributed by atoms with Crippen LogP contribution in [0.5, 0.6) is 0 Å². The molecule has 0 saturated heterocycles. The lowest BCUT2D eigenvalue weighted by atomic mass is 10.0. The zero-order valence-corrected chi connectivity index (χ0v) is 24.1. The zero-order chi connectivity index (χ0) is 30.4. The summed E-state index contributed by atoms with van der Waals surface area (Å²) in [6.07, 6.45) is 3.44. The molecule has 2 heterocycles. The maximum Gasteiger partial charge on any atom is 0.335 e. The molecule has 0 unspecified atom stereocenters. The van der Waals surface area contributed by atoms with E-state index < -0.39 is 11.5 Å². The number of carboxylic acid groups (broad SMARTS) is 1. The van der Waals surface area contributed by atoms with Gasteiger partial charge in [0.1, 0.15) is 5.82 Å². The number of hydrogen-bond donors (Lipinski definition) is 3. The summed E-state index contributed by atoms with van der Waals surface area (Å²) >= 11 is 6.16. The van der Waals surface area contributed by atoms with Crippen molar-refractivity contribution >= 4 is 56.7 Å². The summed E-state index contributed by atoms with van der Waals surface area (Å²) in [5.41, 5.74) is 4.87. The molecule has 0 atom stereocenters. The van der Waals surface area contributed by atoms with Gasteiger partial charge in [0.2, 0.25) is 0 Å². The van der Waals surface area contributed by atoms with Crippen molar-refractivity contribution in [3.63, 3.8) is 0 Å². The third-order valence-electron chi connectivity index (χ3n) is 8.12. The Balaban J connectivity index is 1.26. The number of carboxylic acids is 1. The van der Waals surface area contributed by atoms with E-state index in [9.17, 15) is 19.1 Å². The van der Waals surface area contributed by atoms with E-state index in [-0.39, 0.29) is 17.3 Å². The maximum atomic E-state index is 14.0. The van der Waals surface area contributed by atoms with Gasteiger partial charge in [-0.3, -0.25) is 9.78 Å². The normalized spacial score (nSPS) is 13.6. The first kappa shape index (κ1) is 27.6. The van der Waals surface area contributed by atoms with Gasteiger partial charge in [0.05, 0.1) is 39.9 Å². The van der Waals surface area contributed by atoms with Crippen molar-refractivity contribution in [1.82, 2.24) is 14.9 Å². The molecule has 0 bridgehead atoms. The third-order valence-corrected chi connectivity index (χ3v) is 8.36. The number of aromatic nitrogens is 2. The molecule has 1 amide bonds. The summed E-state index contributed by atoms with van der Waals surface area (Å²) < 4.78 is 15.6. The molecule has 0 radical (unpaired) electrons. The van der Waals surface area contributed by atoms with Gasteiger partial charge in [-0.1, -0.05) is 29.8 Å². The molecule has 218 valence electrons. The van der Waals surface area contributed by atoms with E-state index >= 15 is 0 Å². The molecule has 4 aromatic carbocycles. The van der Waals surface area contributed by atoms with Gasteiger partial charge in [0.15, 0.2) is 0 Å². The predicted molar refractivity (Wildman–Crippen MR) is 169 cm³/mol. The Bertz CT molecular complexity index is 2070. The summed E-state index contributed by atoms with van der Waals surface area (Å²) in [6, 6.07) is 27.9. The van der Waals surface area contributed by atoms with Crippen LogP contribution in [-0.4, -0.2) is 26.5 Å². The Morgan fingerprint density at radius 2 is 1.70 bits per heavy atom. The smallest absolute Gasteiger partial charge is 0.335 e. The van der Waals surface area contributed by atoms with Crippen LogP contribution in [0.25, 0.3) is 21.8 Å². The third kappa shape index (κ3) is 5.24. The summed E-state index contributed by atoms with van der Waals surface area (Å²) in [5, 5.41) is 18.3. The van der Waals surface area contributed by atoms with Crippen LogP contribution in [0.3, 0.4) is 0 Å². The van der Waals surface area contributed by atoms with Gasteiger partial charge in [0.25, 0.3) is 5.91 Å². The lowest BCUT2D eigenvalue weighted by Crippen LogP contribution is -2.35. The number of amides is 1. The molecule has 44 heavy (non-hydrogen) atoms. The van der Waals surface area contributed by atoms with Gasteiger partial charge in [0, 0.05) is 33.4 Å². The number of carbonyl (C=O) groups excluding carboxylic acids is 1. The Labute approximate surface area is 256 Å². The van der Waals surface area contributed by atoms with Crippen molar-refractivity contribution in [2.24, 2.45) is 0 Å². The summed E-state index contributed by atoms with van der Waals surface area (Å²) in [5.74, 6) is -1.55. The fourth-order valence-electron chi connectivity index (χ4n) is 5.67. The fraction of sp³-hybridized carbons (Fsp3) is 0.114. The van der Waals surface area contributed by atoms with Gasteiger partial charge in [-0.25, -0.2) is 9.18 Å². The highest BCUT2D eigenvalue weighted by molar-refractivity contribution is 6.31. The number of rotatable bonds is 8. The average Bonchev–Trinajstić information content (AvgIpc) is 3.69. The Kier molecular flexibility index (Phi) is 6.78. The summed E-state index contributed by atoms with van der Waals surface area (Å²) in [4.78, 5) is 30.1. The molecular formula is C35H26ClFN4O3. The second kappa shape index (κ2) is 10.8. The van der Waals surface area contributed by atoms with E-state index in [0.717, 1.165) is 51.6 Å². The molecule has 3 N–H and O–H groups in total. The first-order valence-corrected chi connectivity index (χ1v) is 14.5. The van der Waals surface area contributed by atoms with Crippen molar-refractivity contribution in [3.05, 3.63) is 136 Å². The number of pyridine rings is 1. The Morgan fingerprint density at radius 1 is 0.932 bits per heavy atom. The average molecular weight is 605 g/mol. The van der Waals surface area contributed by atoms with Crippen LogP contribution >= 0.6 is 11.6 Å². The van der Waals surface area contributed by atoms with Crippen LogP contribution in [0, 0.1) is 5.82 Å². The molecule has 9 heteroatoms. The fourth-order valence-corrected chi connectivity index (χ4v) is 5.85. The van der Waals surface area contributed by atoms with Crippen LogP contribution in [0.4, 0.5) is 15.8 Å². The SMILES string of the molecule is O=C(O)c1ccc(C2(NC(=O)c3ccc(Nc4ccc(F)cc4)c4ccn(Cc5ccc6cc(Cl)ccc6n5)c34)CC2)cc1. The van der Waals surface area contributed by atoms with E-state index in [1.54, 1.807) is 42.5 Å². The number of nitrogens with one attached hydrogen (secondary N) is 2. The number of nitrogens with zero attached hydrogens (tertiary/aromatic N) is 2. The maximum absolute atomic E-state index is 14.0. The molecular weight excluding hydrogens is 579 g/mol. The lowest BCUT2D eigenvalue weighted by Gasteiger charge is -2.20. The molecule has 1 fully saturated rings. The van der Waals surface area contributed by atoms with E-state index in [2.05, 4.69) is 10.6 Å². The minimum atomic E-state index is -0.993. The van der Waals surface area contributed by atoms with Crippen molar-refractivity contribution in [2.75, 3.05) is 5.32 Å². The van der Waals surface area contributed by atoms with Crippen LogP contribution < -0.4 is 10.6 Å². The minimum absolute atomic E-state index is 0.199. The number of benzene rings is 4. The van der Waals surface area contributed by atoms with Gasteiger partial charge < -0.3 is 20.3 Å². The molecule has 7 rings (SSSR count). The van der Waals surface area contributed by atoms with Crippen molar-refractivity contribution < 1.29 is 19.1 Å². The van der Waals surface area contributed by atoms with Gasteiger partial charge >= 0.3 is 5.97 Å². The molecule has 7 nitrogen and oxygen atoms in total. The predicted octanol–water partition coefficient (Wildman–Crippen LogP) is 7.89. The van der Waals surface area contributed by atoms with Gasteiger partial charge in [-0.15, -0.1) is 0 Å². The van der Waals surface area contributed by atoms with Crippen LogP contribution in [0.1, 0.15) is 44.8 Å². The molecule has 1 aliphatic rings. The lowest BCUT2D eigenvalue weighted by molar-refractivity contribution is 0.0696. The summed E-state index contributed by atoms with van der Waals surface area (Å²) in [6.45, 7) is 0.421.